The van der Waals surface area contributed by atoms with Gasteiger partial charge in [0, 0.05) is 6.54 Å². The number of likely N-dealkylation sites (tertiary alicyclic amines) is 1. The Balaban J connectivity index is 2.29. The normalized spacial score (nSPS) is 25.6. The first kappa shape index (κ1) is 14.1. The SMILES string of the molecule is CCOC(=O)CC(=O)CN1CCC(C)C(O)C1. The number of rotatable bonds is 5. The highest BCUT2D eigenvalue weighted by Crippen LogP contribution is 2.16. The molecule has 5 heteroatoms. The smallest absolute Gasteiger partial charge is 0.313 e. The summed E-state index contributed by atoms with van der Waals surface area (Å²) < 4.78 is 4.71. The molecule has 17 heavy (non-hydrogen) atoms. The number of carbonyl (C=O) groups excluding carboxylic acids is 2. The number of aliphatic hydroxyl groups excluding tert-OH is 1. The van der Waals surface area contributed by atoms with E-state index in [1.54, 1.807) is 6.92 Å². The highest BCUT2D eigenvalue weighted by Gasteiger charge is 2.25. The molecule has 1 aliphatic rings. The zero-order valence-corrected chi connectivity index (χ0v) is 10.5. The van der Waals surface area contributed by atoms with Crippen LogP contribution < -0.4 is 0 Å². The quantitative estimate of drug-likeness (QED) is 0.552. The maximum absolute atomic E-state index is 11.6. The molecule has 0 bridgehead atoms. The van der Waals surface area contributed by atoms with E-state index in [0.717, 1.165) is 13.0 Å². The second kappa shape index (κ2) is 6.71. The van der Waals surface area contributed by atoms with Gasteiger partial charge >= 0.3 is 5.97 Å². The molecule has 1 saturated heterocycles. The van der Waals surface area contributed by atoms with E-state index in [1.807, 2.05) is 11.8 Å². The second-order valence-corrected chi connectivity index (χ2v) is 4.59. The Morgan fingerprint density at radius 2 is 2.18 bits per heavy atom. The lowest BCUT2D eigenvalue weighted by atomic mass is 9.96. The van der Waals surface area contributed by atoms with E-state index < -0.39 is 5.97 Å². The summed E-state index contributed by atoms with van der Waals surface area (Å²) in [6.07, 6.45) is 0.336. The monoisotopic (exact) mass is 243 g/mol. The number of esters is 1. The van der Waals surface area contributed by atoms with Gasteiger partial charge in [-0.25, -0.2) is 0 Å². The summed E-state index contributed by atoms with van der Waals surface area (Å²) >= 11 is 0. The van der Waals surface area contributed by atoms with Crippen LogP contribution >= 0.6 is 0 Å². The number of carbonyl (C=O) groups is 2. The highest BCUT2D eigenvalue weighted by molar-refractivity contribution is 5.96. The molecular formula is C12H21NO4. The van der Waals surface area contributed by atoms with Crippen LogP contribution in [0.5, 0.6) is 0 Å². The van der Waals surface area contributed by atoms with Crippen molar-refractivity contribution in [2.24, 2.45) is 5.92 Å². The third-order valence-corrected chi connectivity index (χ3v) is 3.05. The van der Waals surface area contributed by atoms with Gasteiger partial charge in [-0.2, -0.15) is 0 Å². The van der Waals surface area contributed by atoms with E-state index in [9.17, 15) is 14.7 Å². The number of β-amino-alcohol motifs (C(OH)–C–C–N with tert-alkyl or cyclic N) is 1. The van der Waals surface area contributed by atoms with Crippen molar-refractivity contribution in [3.63, 3.8) is 0 Å². The van der Waals surface area contributed by atoms with Crippen LogP contribution in [0.3, 0.4) is 0 Å². The van der Waals surface area contributed by atoms with Crippen molar-refractivity contribution in [2.45, 2.75) is 32.8 Å². The minimum Gasteiger partial charge on any atom is -0.466 e. The van der Waals surface area contributed by atoms with Crippen molar-refractivity contribution in [3.05, 3.63) is 0 Å². The maximum atomic E-state index is 11.6. The Hall–Kier alpha value is -0.940. The summed E-state index contributed by atoms with van der Waals surface area (Å²) in [5.74, 6) is -0.333. The minimum absolute atomic E-state index is 0.148. The lowest BCUT2D eigenvalue weighted by Crippen LogP contribution is -2.45. The zero-order valence-electron chi connectivity index (χ0n) is 10.5. The Morgan fingerprint density at radius 1 is 1.47 bits per heavy atom. The van der Waals surface area contributed by atoms with Gasteiger partial charge in [0.2, 0.25) is 0 Å². The fraction of sp³-hybridized carbons (Fsp3) is 0.833. The van der Waals surface area contributed by atoms with E-state index in [4.69, 9.17) is 4.74 Å². The van der Waals surface area contributed by atoms with Crippen molar-refractivity contribution in [2.75, 3.05) is 26.2 Å². The maximum Gasteiger partial charge on any atom is 0.313 e. The molecule has 0 aromatic heterocycles. The van der Waals surface area contributed by atoms with Gasteiger partial charge < -0.3 is 9.84 Å². The Kier molecular flexibility index (Phi) is 5.58. The van der Waals surface area contributed by atoms with Crippen molar-refractivity contribution in [1.82, 2.24) is 4.90 Å². The summed E-state index contributed by atoms with van der Waals surface area (Å²) in [4.78, 5) is 24.6. The number of ether oxygens (including phenoxy) is 1. The molecule has 2 unspecified atom stereocenters. The van der Waals surface area contributed by atoms with E-state index in [1.165, 1.54) is 0 Å². The lowest BCUT2D eigenvalue weighted by Gasteiger charge is -2.33. The third kappa shape index (κ3) is 4.83. The predicted molar refractivity (Wildman–Crippen MR) is 62.5 cm³/mol. The molecular weight excluding hydrogens is 222 g/mol. The van der Waals surface area contributed by atoms with Crippen LogP contribution in [-0.2, 0) is 14.3 Å². The van der Waals surface area contributed by atoms with Gasteiger partial charge in [0.25, 0.3) is 0 Å². The topological polar surface area (TPSA) is 66.8 Å². The molecule has 98 valence electrons. The van der Waals surface area contributed by atoms with E-state index in [-0.39, 0.29) is 30.8 Å². The van der Waals surface area contributed by atoms with Gasteiger partial charge in [-0.05, 0) is 25.8 Å². The average Bonchev–Trinajstić information content (AvgIpc) is 2.23. The molecule has 1 aliphatic heterocycles. The van der Waals surface area contributed by atoms with Gasteiger partial charge in [0.15, 0.2) is 5.78 Å². The molecule has 0 saturated carbocycles. The van der Waals surface area contributed by atoms with Crippen LogP contribution in [0.4, 0.5) is 0 Å². The number of Topliss-reactive ketones (excluding diaryl/α,β-unsaturated/α-hetero) is 1. The van der Waals surface area contributed by atoms with Gasteiger partial charge in [-0.3, -0.25) is 14.5 Å². The Morgan fingerprint density at radius 3 is 2.76 bits per heavy atom. The van der Waals surface area contributed by atoms with E-state index >= 15 is 0 Å². The zero-order chi connectivity index (χ0) is 12.8. The van der Waals surface area contributed by atoms with Crippen LogP contribution in [-0.4, -0.2) is 54.1 Å². The summed E-state index contributed by atoms with van der Waals surface area (Å²) in [6, 6.07) is 0. The van der Waals surface area contributed by atoms with Crippen molar-refractivity contribution in [3.8, 4) is 0 Å². The number of nitrogens with zero attached hydrogens (tertiary/aromatic N) is 1. The van der Waals surface area contributed by atoms with Crippen LogP contribution in [0.2, 0.25) is 0 Å². The summed E-state index contributed by atoms with van der Waals surface area (Å²) in [7, 11) is 0. The number of piperidine rings is 1. The van der Waals surface area contributed by atoms with Gasteiger partial charge in [-0.1, -0.05) is 6.92 Å². The van der Waals surface area contributed by atoms with Gasteiger partial charge in [0.1, 0.15) is 6.42 Å². The Bertz CT molecular complexity index is 280. The third-order valence-electron chi connectivity index (χ3n) is 3.05. The van der Waals surface area contributed by atoms with Crippen molar-refractivity contribution < 1.29 is 19.4 Å². The van der Waals surface area contributed by atoms with E-state index in [0.29, 0.717) is 13.2 Å². The molecule has 0 amide bonds. The molecule has 5 nitrogen and oxygen atoms in total. The summed E-state index contributed by atoms with van der Waals surface area (Å²) in [5, 5.41) is 9.68. The van der Waals surface area contributed by atoms with Crippen LogP contribution in [0.1, 0.15) is 26.7 Å². The molecule has 0 spiro atoms. The summed E-state index contributed by atoms with van der Waals surface area (Å²) in [6.45, 7) is 5.55. The second-order valence-electron chi connectivity index (χ2n) is 4.59. The lowest BCUT2D eigenvalue weighted by molar-refractivity contribution is -0.145. The molecule has 1 fully saturated rings. The minimum atomic E-state index is -0.469. The number of aliphatic hydroxyl groups is 1. The largest absolute Gasteiger partial charge is 0.466 e. The fourth-order valence-corrected chi connectivity index (χ4v) is 1.94. The van der Waals surface area contributed by atoms with Crippen LogP contribution in [0, 0.1) is 5.92 Å². The summed E-state index contributed by atoms with van der Waals surface area (Å²) in [5.41, 5.74) is 0. The van der Waals surface area contributed by atoms with E-state index in [2.05, 4.69) is 0 Å². The first-order chi connectivity index (χ1) is 8.02. The van der Waals surface area contributed by atoms with Crippen molar-refractivity contribution >= 4 is 11.8 Å². The first-order valence-electron chi connectivity index (χ1n) is 6.10. The molecule has 0 aliphatic carbocycles. The molecule has 0 radical (unpaired) electrons. The standard InChI is InChI=1S/C12H21NO4/c1-3-17-12(16)6-10(14)7-13-5-4-9(2)11(15)8-13/h9,11,15H,3-8H2,1-2H3. The van der Waals surface area contributed by atoms with Crippen molar-refractivity contribution in [1.29, 1.82) is 0 Å². The average molecular weight is 243 g/mol. The highest BCUT2D eigenvalue weighted by atomic mass is 16.5. The number of ketones is 1. The van der Waals surface area contributed by atoms with Gasteiger partial charge in [-0.15, -0.1) is 0 Å². The first-order valence-corrected chi connectivity index (χ1v) is 6.10. The number of hydrogen-bond donors (Lipinski definition) is 1. The predicted octanol–water partition coefficient (Wildman–Crippen LogP) is 0.211. The molecule has 2 atom stereocenters. The number of hydrogen-bond acceptors (Lipinski definition) is 5. The molecule has 1 rings (SSSR count). The van der Waals surface area contributed by atoms with Crippen LogP contribution in [0.25, 0.3) is 0 Å². The molecule has 1 N–H and O–H groups in total. The fourth-order valence-electron chi connectivity index (χ4n) is 1.94. The van der Waals surface area contributed by atoms with Gasteiger partial charge in [0.05, 0.1) is 19.3 Å². The molecule has 0 aromatic rings. The van der Waals surface area contributed by atoms with Crippen LogP contribution in [0.15, 0.2) is 0 Å². The molecule has 0 aromatic carbocycles. The Labute approximate surface area is 102 Å². The molecule has 1 heterocycles.